The monoisotopic (exact) mass is 303 g/mol. The normalized spacial score (nSPS) is 24.0. The van der Waals surface area contributed by atoms with E-state index in [1.54, 1.807) is 0 Å². The smallest absolute Gasteiger partial charge is 0.410 e. The van der Waals surface area contributed by atoms with E-state index in [-0.39, 0.29) is 12.1 Å². The third-order valence-corrected chi connectivity index (χ3v) is 4.39. The largest absolute Gasteiger partial charge is 0.444 e. The van der Waals surface area contributed by atoms with Crippen LogP contribution in [-0.2, 0) is 11.3 Å². The highest BCUT2D eigenvalue weighted by Gasteiger charge is 2.46. The zero-order valence-electron chi connectivity index (χ0n) is 13.6. The van der Waals surface area contributed by atoms with Gasteiger partial charge >= 0.3 is 6.09 Å². The van der Waals surface area contributed by atoms with Gasteiger partial charge in [0.05, 0.1) is 6.04 Å². The molecule has 2 atom stereocenters. The van der Waals surface area contributed by atoms with E-state index in [0.717, 1.165) is 19.5 Å². The van der Waals surface area contributed by atoms with Crippen LogP contribution in [0, 0.1) is 0 Å². The zero-order valence-corrected chi connectivity index (χ0v) is 13.6. The first-order chi connectivity index (χ1) is 10.4. The average molecular weight is 303 g/mol. The van der Waals surface area contributed by atoms with Gasteiger partial charge in [0.2, 0.25) is 0 Å². The third-order valence-electron chi connectivity index (χ3n) is 4.39. The van der Waals surface area contributed by atoms with Crippen molar-refractivity contribution in [1.82, 2.24) is 4.90 Å². The summed E-state index contributed by atoms with van der Waals surface area (Å²) in [5.41, 5.74) is 7.79. The SMILES string of the molecule is CC(C)(C)OC(=O)N1CC2CC1CN2c1ccccc1CN. The predicted molar refractivity (Wildman–Crippen MR) is 86.8 cm³/mol. The highest BCUT2D eigenvalue weighted by molar-refractivity contribution is 5.70. The van der Waals surface area contributed by atoms with Crippen molar-refractivity contribution in [3.05, 3.63) is 29.8 Å². The van der Waals surface area contributed by atoms with E-state index in [2.05, 4.69) is 17.0 Å². The molecular formula is C17H25N3O2. The van der Waals surface area contributed by atoms with Gasteiger partial charge in [0.15, 0.2) is 0 Å². The molecule has 5 nitrogen and oxygen atoms in total. The van der Waals surface area contributed by atoms with Crippen molar-refractivity contribution in [2.75, 3.05) is 18.0 Å². The molecule has 2 heterocycles. The van der Waals surface area contributed by atoms with E-state index in [0.29, 0.717) is 12.6 Å². The van der Waals surface area contributed by atoms with Crippen molar-refractivity contribution in [3.63, 3.8) is 0 Å². The molecule has 2 aliphatic heterocycles. The molecule has 1 amide bonds. The molecule has 0 aliphatic carbocycles. The Bertz CT molecular complexity index is 567. The summed E-state index contributed by atoms with van der Waals surface area (Å²) < 4.78 is 5.51. The number of piperazine rings is 1. The van der Waals surface area contributed by atoms with E-state index in [1.807, 2.05) is 37.8 Å². The van der Waals surface area contributed by atoms with Gasteiger partial charge < -0.3 is 20.3 Å². The Morgan fingerprint density at radius 3 is 2.59 bits per heavy atom. The molecule has 1 aromatic carbocycles. The van der Waals surface area contributed by atoms with Crippen LogP contribution in [0.25, 0.3) is 0 Å². The van der Waals surface area contributed by atoms with Crippen molar-refractivity contribution in [1.29, 1.82) is 0 Å². The third kappa shape index (κ3) is 2.77. The summed E-state index contributed by atoms with van der Waals surface area (Å²) >= 11 is 0. The van der Waals surface area contributed by atoms with Gasteiger partial charge in [0.25, 0.3) is 0 Å². The fourth-order valence-electron chi connectivity index (χ4n) is 3.47. The standard InChI is InChI=1S/C17H25N3O2/c1-17(2,3)22-16(21)20-11-13-8-14(20)10-19(13)15-7-5-4-6-12(15)9-18/h4-7,13-14H,8-11,18H2,1-3H3. The molecule has 0 spiro atoms. The number of carbonyl (C=O) groups is 1. The van der Waals surface area contributed by atoms with Gasteiger partial charge in [0, 0.05) is 31.4 Å². The molecule has 5 heteroatoms. The summed E-state index contributed by atoms with van der Waals surface area (Å²) in [7, 11) is 0. The molecule has 3 rings (SSSR count). The van der Waals surface area contributed by atoms with Crippen LogP contribution in [0.3, 0.4) is 0 Å². The predicted octanol–water partition coefficient (Wildman–Crippen LogP) is 2.34. The second kappa shape index (κ2) is 5.47. The number of nitrogens with zero attached hydrogens (tertiary/aromatic N) is 2. The number of hydrogen-bond acceptors (Lipinski definition) is 4. The number of carbonyl (C=O) groups excluding carboxylic acids is 1. The van der Waals surface area contributed by atoms with Gasteiger partial charge in [-0.15, -0.1) is 0 Å². The van der Waals surface area contributed by atoms with Gasteiger partial charge in [0.1, 0.15) is 5.60 Å². The average Bonchev–Trinajstić information content (AvgIpc) is 3.05. The van der Waals surface area contributed by atoms with Crippen molar-refractivity contribution >= 4 is 11.8 Å². The molecule has 120 valence electrons. The molecule has 2 saturated heterocycles. The summed E-state index contributed by atoms with van der Waals surface area (Å²) in [5.74, 6) is 0. The summed E-state index contributed by atoms with van der Waals surface area (Å²) in [6.45, 7) is 7.86. The molecule has 2 unspecified atom stereocenters. The number of para-hydroxylation sites is 1. The van der Waals surface area contributed by atoms with Gasteiger partial charge in [-0.2, -0.15) is 0 Å². The summed E-state index contributed by atoms with van der Waals surface area (Å²) in [6, 6.07) is 8.88. The molecule has 2 N–H and O–H groups in total. The van der Waals surface area contributed by atoms with E-state index in [9.17, 15) is 4.79 Å². The second-order valence-corrected chi connectivity index (χ2v) is 7.16. The number of nitrogens with two attached hydrogens (primary N) is 1. The quantitative estimate of drug-likeness (QED) is 0.911. The minimum absolute atomic E-state index is 0.188. The van der Waals surface area contributed by atoms with E-state index in [4.69, 9.17) is 10.5 Å². The first-order valence-electron chi connectivity index (χ1n) is 7.93. The van der Waals surface area contributed by atoms with Crippen LogP contribution in [0.4, 0.5) is 10.5 Å². The molecule has 2 aliphatic rings. The first-order valence-corrected chi connectivity index (χ1v) is 7.93. The Balaban J connectivity index is 1.71. The Labute approximate surface area is 132 Å². The highest BCUT2D eigenvalue weighted by Crippen LogP contribution is 2.36. The maximum absolute atomic E-state index is 12.3. The van der Waals surface area contributed by atoms with Gasteiger partial charge in [-0.1, -0.05) is 18.2 Å². The Morgan fingerprint density at radius 1 is 1.27 bits per heavy atom. The molecule has 0 saturated carbocycles. The van der Waals surface area contributed by atoms with E-state index < -0.39 is 5.60 Å². The van der Waals surface area contributed by atoms with Crippen LogP contribution in [-0.4, -0.2) is 41.8 Å². The fraction of sp³-hybridized carbons (Fsp3) is 0.588. The maximum atomic E-state index is 12.3. The lowest BCUT2D eigenvalue weighted by Gasteiger charge is -2.37. The van der Waals surface area contributed by atoms with Crippen LogP contribution >= 0.6 is 0 Å². The Kier molecular flexibility index (Phi) is 3.77. The number of benzene rings is 1. The van der Waals surface area contributed by atoms with Crippen LogP contribution < -0.4 is 10.6 Å². The number of hydrogen-bond donors (Lipinski definition) is 1. The lowest BCUT2D eigenvalue weighted by Crippen LogP contribution is -2.50. The Hall–Kier alpha value is -1.75. The van der Waals surface area contributed by atoms with Gasteiger partial charge in [-0.3, -0.25) is 0 Å². The summed E-state index contributed by atoms with van der Waals surface area (Å²) in [5, 5.41) is 0. The van der Waals surface area contributed by atoms with Crippen LogP contribution in [0.1, 0.15) is 32.8 Å². The summed E-state index contributed by atoms with van der Waals surface area (Å²) in [4.78, 5) is 16.6. The van der Waals surface area contributed by atoms with Crippen molar-refractivity contribution in [2.24, 2.45) is 5.73 Å². The lowest BCUT2D eigenvalue weighted by atomic mass is 10.1. The number of rotatable bonds is 2. The van der Waals surface area contributed by atoms with Crippen molar-refractivity contribution in [3.8, 4) is 0 Å². The Morgan fingerprint density at radius 2 is 2.00 bits per heavy atom. The number of amides is 1. The maximum Gasteiger partial charge on any atom is 0.410 e. The van der Waals surface area contributed by atoms with E-state index in [1.165, 1.54) is 11.3 Å². The molecule has 0 radical (unpaired) electrons. The molecule has 0 aromatic heterocycles. The molecule has 1 aromatic rings. The fourth-order valence-corrected chi connectivity index (χ4v) is 3.47. The number of anilines is 1. The van der Waals surface area contributed by atoms with Gasteiger partial charge in [-0.25, -0.2) is 4.79 Å². The first kappa shape index (κ1) is 15.2. The highest BCUT2D eigenvalue weighted by atomic mass is 16.6. The minimum atomic E-state index is -0.440. The molecule has 2 bridgehead atoms. The summed E-state index contributed by atoms with van der Waals surface area (Å²) in [6.07, 6.45) is 0.824. The van der Waals surface area contributed by atoms with Gasteiger partial charge in [-0.05, 0) is 38.8 Å². The van der Waals surface area contributed by atoms with Crippen molar-refractivity contribution < 1.29 is 9.53 Å². The lowest BCUT2D eigenvalue weighted by molar-refractivity contribution is 0.0215. The topological polar surface area (TPSA) is 58.8 Å². The second-order valence-electron chi connectivity index (χ2n) is 7.16. The molecule has 22 heavy (non-hydrogen) atoms. The zero-order chi connectivity index (χ0) is 15.9. The molecular weight excluding hydrogens is 278 g/mol. The number of fused-ring (bicyclic) bond motifs is 2. The molecule has 2 fully saturated rings. The number of ether oxygens (including phenoxy) is 1. The minimum Gasteiger partial charge on any atom is -0.444 e. The van der Waals surface area contributed by atoms with E-state index >= 15 is 0 Å². The van der Waals surface area contributed by atoms with Crippen LogP contribution in [0.2, 0.25) is 0 Å². The van der Waals surface area contributed by atoms with Crippen LogP contribution in [0.15, 0.2) is 24.3 Å². The van der Waals surface area contributed by atoms with Crippen LogP contribution in [0.5, 0.6) is 0 Å². The van der Waals surface area contributed by atoms with Crippen molar-refractivity contribution in [2.45, 2.75) is 51.4 Å². The number of likely N-dealkylation sites (tertiary alicyclic amines) is 1.